The molecule has 0 spiro atoms. The van der Waals surface area contributed by atoms with Crippen LogP contribution in [0.25, 0.3) is 0 Å². The molecule has 6 heteroatoms. The predicted molar refractivity (Wildman–Crippen MR) is 78.5 cm³/mol. The van der Waals surface area contributed by atoms with Gasteiger partial charge < -0.3 is 15.2 Å². The Hall–Kier alpha value is -1.56. The standard InChI is InChI=1S/C14H18BrNO4/c1-14(2,3)20-13(19)16-11(8-12(17)18)9-6-4-5-7-10(9)15/h4-7,11H,8H2,1-3H3,(H,16,19)(H,17,18)/t11-/m1/s1. The number of carboxylic acids is 1. The second kappa shape index (κ2) is 6.74. The van der Waals surface area contributed by atoms with E-state index in [0.29, 0.717) is 5.56 Å². The zero-order valence-corrected chi connectivity index (χ0v) is 13.2. The summed E-state index contributed by atoms with van der Waals surface area (Å²) in [7, 11) is 0. The largest absolute Gasteiger partial charge is 0.481 e. The first-order chi connectivity index (χ1) is 9.19. The van der Waals surface area contributed by atoms with Crippen molar-refractivity contribution >= 4 is 28.0 Å². The van der Waals surface area contributed by atoms with Gasteiger partial charge in [-0.05, 0) is 32.4 Å². The van der Waals surface area contributed by atoms with E-state index in [-0.39, 0.29) is 6.42 Å². The van der Waals surface area contributed by atoms with Crippen LogP contribution in [-0.2, 0) is 9.53 Å². The summed E-state index contributed by atoms with van der Waals surface area (Å²) >= 11 is 3.35. The maximum Gasteiger partial charge on any atom is 0.408 e. The minimum atomic E-state index is -0.998. The lowest BCUT2D eigenvalue weighted by Crippen LogP contribution is -2.35. The van der Waals surface area contributed by atoms with Crippen LogP contribution in [-0.4, -0.2) is 22.8 Å². The minimum Gasteiger partial charge on any atom is -0.481 e. The predicted octanol–water partition coefficient (Wildman–Crippen LogP) is 3.49. The average Bonchev–Trinajstić information content (AvgIpc) is 2.25. The van der Waals surface area contributed by atoms with Crippen LogP contribution in [0.2, 0.25) is 0 Å². The first kappa shape index (κ1) is 16.5. The van der Waals surface area contributed by atoms with E-state index in [9.17, 15) is 9.59 Å². The van der Waals surface area contributed by atoms with Crippen LogP contribution in [0.4, 0.5) is 4.79 Å². The quantitative estimate of drug-likeness (QED) is 0.877. The summed E-state index contributed by atoms with van der Waals surface area (Å²) in [6.07, 6.45) is -0.860. The Labute approximate surface area is 126 Å². The number of carbonyl (C=O) groups excluding carboxylic acids is 1. The molecule has 110 valence electrons. The third-order valence-electron chi connectivity index (χ3n) is 2.35. The number of ether oxygens (including phenoxy) is 1. The molecule has 1 aromatic rings. The molecule has 1 rings (SSSR count). The fraction of sp³-hybridized carbons (Fsp3) is 0.429. The summed E-state index contributed by atoms with van der Waals surface area (Å²) in [5, 5.41) is 11.6. The highest BCUT2D eigenvalue weighted by atomic mass is 79.9. The molecule has 0 heterocycles. The van der Waals surface area contributed by atoms with Crippen molar-refractivity contribution in [1.29, 1.82) is 0 Å². The zero-order chi connectivity index (χ0) is 15.3. The fourth-order valence-corrected chi connectivity index (χ4v) is 2.18. The van der Waals surface area contributed by atoms with Crippen LogP contribution in [0.5, 0.6) is 0 Å². The van der Waals surface area contributed by atoms with Crippen LogP contribution >= 0.6 is 15.9 Å². The number of carboxylic acid groups (broad SMARTS) is 1. The third kappa shape index (κ3) is 5.61. The number of rotatable bonds is 4. The maximum atomic E-state index is 11.8. The van der Waals surface area contributed by atoms with Crippen molar-refractivity contribution in [2.24, 2.45) is 0 Å². The molecule has 0 fully saturated rings. The van der Waals surface area contributed by atoms with Gasteiger partial charge in [0.05, 0.1) is 12.5 Å². The van der Waals surface area contributed by atoms with Gasteiger partial charge in [0.1, 0.15) is 5.60 Å². The van der Waals surface area contributed by atoms with Crippen molar-refractivity contribution in [1.82, 2.24) is 5.32 Å². The van der Waals surface area contributed by atoms with E-state index >= 15 is 0 Å². The van der Waals surface area contributed by atoms with Crippen molar-refractivity contribution in [3.63, 3.8) is 0 Å². The first-order valence-electron chi connectivity index (χ1n) is 6.15. The number of halogens is 1. The normalized spacial score (nSPS) is 12.6. The number of hydrogen-bond acceptors (Lipinski definition) is 3. The van der Waals surface area contributed by atoms with Gasteiger partial charge in [-0.1, -0.05) is 34.1 Å². The Morgan fingerprint density at radius 2 is 1.95 bits per heavy atom. The number of aliphatic carboxylic acids is 1. The van der Waals surface area contributed by atoms with E-state index in [2.05, 4.69) is 21.2 Å². The van der Waals surface area contributed by atoms with Crippen molar-refractivity contribution in [2.75, 3.05) is 0 Å². The van der Waals surface area contributed by atoms with E-state index < -0.39 is 23.7 Å². The van der Waals surface area contributed by atoms with Gasteiger partial charge in [0.15, 0.2) is 0 Å². The summed E-state index contributed by atoms with van der Waals surface area (Å²) in [6, 6.07) is 6.50. The van der Waals surface area contributed by atoms with Gasteiger partial charge in [-0.2, -0.15) is 0 Å². The molecule has 0 saturated carbocycles. The molecule has 0 unspecified atom stereocenters. The molecule has 5 nitrogen and oxygen atoms in total. The summed E-state index contributed by atoms with van der Waals surface area (Å²) in [5.74, 6) is -0.998. The highest BCUT2D eigenvalue weighted by Crippen LogP contribution is 2.26. The molecular formula is C14H18BrNO4. The van der Waals surface area contributed by atoms with Crippen LogP contribution in [0.15, 0.2) is 28.7 Å². The SMILES string of the molecule is CC(C)(C)OC(=O)N[C@H](CC(=O)O)c1ccccc1Br. The van der Waals surface area contributed by atoms with Crippen molar-refractivity contribution in [3.05, 3.63) is 34.3 Å². The lowest BCUT2D eigenvalue weighted by molar-refractivity contribution is -0.137. The molecule has 0 aromatic heterocycles. The second-order valence-electron chi connectivity index (χ2n) is 5.32. The lowest BCUT2D eigenvalue weighted by Gasteiger charge is -2.23. The topological polar surface area (TPSA) is 75.6 Å². The molecule has 0 radical (unpaired) electrons. The summed E-state index contributed by atoms with van der Waals surface area (Å²) in [4.78, 5) is 22.7. The third-order valence-corrected chi connectivity index (χ3v) is 3.07. The maximum absolute atomic E-state index is 11.8. The molecule has 0 aliphatic carbocycles. The molecule has 0 saturated heterocycles. The molecule has 1 aromatic carbocycles. The molecule has 0 bridgehead atoms. The van der Waals surface area contributed by atoms with Crippen LogP contribution in [0, 0.1) is 0 Å². The van der Waals surface area contributed by atoms with Gasteiger partial charge in [-0.3, -0.25) is 4.79 Å². The Morgan fingerprint density at radius 1 is 1.35 bits per heavy atom. The molecule has 2 N–H and O–H groups in total. The van der Waals surface area contributed by atoms with Crippen molar-refractivity contribution in [2.45, 2.75) is 38.8 Å². The van der Waals surface area contributed by atoms with Gasteiger partial charge in [0, 0.05) is 4.47 Å². The van der Waals surface area contributed by atoms with Crippen LogP contribution < -0.4 is 5.32 Å². The summed E-state index contributed by atoms with van der Waals surface area (Å²) < 4.78 is 5.89. The number of carbonyl (C=O) groups is 2. The van der Waals surface area contributed by atoms with E-state index in [1.165, 1.54) is 0 Å². The van der Waals surface area contributed by atoms with E-state index in [1.807, 2.05) is 6.07 Å². The summed E-state index contributed by atoms with van der Waals surface area (Å²) in [6.45, 7) is 5.24. The monoisotopic (exact) mass is 343 g/mol. The highest BCUT2D eigenvalue weighted by Gasteiger charge is 2.23. The van der Waals surface area contributed by atoms with Gasteiger partial charge in [0.25, 0.3) is 0 Å². The van der Waals surface area contributed by atoms with Gasteiger partial charge >= 0.3 is 12.1 Å². The number of hydrogen-bond donors (Lipinski definition) is 2. The van der Waals surface area contributed by atoms with Crippen molar-refractivity contribution in [3.8, 4) is 0 Å². The number of amides is 1. The fourth-order valence-electron chi connectivity index (χ4n) is 1.62. The van der Waals surface area contributed by atoms with Gasteiger partial charge in [-0.25, -0.2) is 4.79 Å². The minimum absolute atomic E-state index is 0.220. The molecule has 1 atom stereocenters. The molecule has 1 amide bonds. The average molecular weight is 344 g/mol. The molecule has 0 aliphatic heterocycles. The second-order valence-corrected chi connectivity index (χ2v) is 6.17. The molecule has 0 aliphatic rings. The Kier molecular flexibility index (Phi) is 5.56. The van der Waals surface area contributed by atoms with Gasteiger partial charge in [0.2, 0.25) is 0 Å². The van der Waals surface area contributed by atoms with E-state index in [4.69, 9.17) is 9.84 Å². The van der Waals surface area contributed by atoms with E-state index in [1.54, 1.807) is 39.0 Å². The Balaban J connectivity index is 2.88. The van der Waals surface area contributed by atoms with Gasteiger partial charge in [-0.15, -0.1) is 0 Å². The van der Waals surface area contributed by atoms with Crippen LogP contribution in [0.3, 0.4) is 0 Å². The smallest absolute Gasteiger partial charge is 0.408 e. The molecule has 20 heavy (non-hydrogen) atoms. The molecular weight excluding hydrogens is 326 g/mol. The zero-order valence-electron chi connectivity index (χ0n) is 11.6. The Morgan fingerprint density at radius 3 is 2.45 bits per heavy atom. The van der Waals surface area contributed by atoms with Crippen molar-refractivity contribution < 1.29 is 19.4 Å². The Bertz CT molecular complexity index is 496. The number of alkyl carbamates (subject to hydrolysis) is 1. The lowest BCUT2D eigenvalue weighted by atomic mass is 10.0. The van der Waals surface area contributed by atoms with Crippen LogP contribution in [0.1, 0.15) is 38.8 Å². The van der Waals surface area contributed by atoms with E-state index in [0.717, 1.165) is 4.47 Å². The summed E-state index contributed by atoms with van der Waals surface area (Å²) in [5.41, 5.74) is 0.0620. The highest BCUT2D eigenvalue weighted by molar-refractivity contribution is 9.10. The number of nitrogens with one attached hydrogen (secondary N) is 1. The first-order valence-corrected chi connectivity index (χ1v) is 6.94. The number of benzene rings is 1.